The highest BCUT2D eigenvalue weighted by molar-refractivity contribution is 7.09. The molecule has 1 aromatic heterocycles. The smallest absolute Gasteiger partial charge is 0.229 e. The van der Waals surface area contributed by atoms with Crippen molar-refractivity contribution in [1.82, 2.24) is 14.5 Å². The number of rotatable bonds is 2. The van der Waals surface area contributed by atoms with E-state index in [-0.39, 0.29) is 18.4 Å². The molecule has 1 aliphatic heterocycles. The van der Waals surface area contributed by atoms with Crippen LogP contribution in [0.4, 0.5) is 5.00 Å². The normalized spacial score (nSPS) is 17.6. The summed E-state index contributed by atoms with van der Waals surface area (Å²) >= 11 is 1.07. The molecule has 2 N–H and O–H groups in total. The van der Waals surface area contributed by atoms with Crippen molar-refractivity contribution in [2.75, 3.05) is 5.73 Å². The van der Waals surface area contributed by atoms with Gasteiger partial charge in [-0.1, -0.05) is 4.49 Å². The van der Waals surface area contributed by atoms with Crippen molar-refractivity contribution in [2.45, 2.75) is 32.2 Å². The van der Waals surface area contributed by atoms with Crippen LogP contribution < -0.4 is 5.73 Å². The average molecular weight is 240 g/mol. The van der Waals surface area contributed by atoms with Crippen molar-refractivity contribution in [3.05, 3.63) is 5.69 Å². The van der Waals surface area contributed by atoms with Crippen LogP contribution in [-0.2, 0) is 16.1 Å². The third-order valence-corrected chi connectivity index (χ3v) is 3.12. The van der Waals surface area contributed by atoms with E-state index in [2.05, 4.69) is 9.59 Å². The van der Waals surface area contributed by atoms with Gasteiger partial charge in [0, 0.05) is 24.4 Å². The number of imide groups is 1. The number of nitrogens with zero attached hydrogens (tertiary/aromatic N) is 3. The van der Waals surface area contributed by atoms with E-state index in [0.717, 1.165) is 24.4 Å². The number of likely N-dealkylation sites (tertiary alicyclic amines) is 1. The summed E-state index contributed by atoms with van der Waals surface area (Å²) < 4.78 is 3.68. The highest BCUT2D eigenvalue weighted by Crippen LogP contribution is 2.19. The third kappa shape index (κ3) is 2.19. The molecule has 0 radical (unpaired) electrons. The monoisotopic (exact) mass is 240 g/mol. The molecule has 0 saturated carbocycles. The third-order valence-electron chi connectivity index (χ3n) is 2.53. The lowest BCUT2D eigenvalue weighted by atomic mass is 10.2. The molecule has 2 heterocycles. The van der Waals surface area contributed by atoms with Crippen LogP contribution >= 0.6 is 11.5 Å². The average Bonchev–Trinajstić information content (AvgIpc) is 2.59. The molecule has 0 aliphatic carbocycles. The van der Waals surface area contributed by atoms with E-state index in [9.17, 15) is 9.59 Å². The van der Waals surface area contributed by atoms with Gasteiger partial charge in [-0.15, -0.1) is 5.10 Å². The number of nitrogen functional groups attached to an aromatic ring is 1. The molecular formula is C9H12N4O2S. The quantitative estimate of drug-likeness (QED) is 0.762. The van der Waals surface area contributed by atoms with Gasteiger partial charge in [0.15, 0.2) is 0 Å². The molecule has 7 heteroatoms. The maximum atomic E-state index is 11.7. The molecule has 0 bridgehead atoms. The largest absolute Gasteiger partial charge is 0.388 e. The Balaban J connectivity index is 2.15. The highest BCUT2D eigenvalue weighted by atomic mass is 32.1. The Kier molecular flexibility index (Phi) is 3.14. The van der Waals surface area contributed by atoms with Crippen LogP contribution in [0.1, 0.15) is 31.4 Å². The minimum atomic E-state index is -0.144. The Bertz CT molecular complexity index is 399. The number of carbonyl (C=O) groups excluding carboxylic acids is 2. The molecule has 0 spiro atoms. The molecule has 0 aromatic carbocycles. The summed E-state index contributed by atoms with van der Waals surface area (Å²) in [5.74, 6) is -0.287. The molecule has 1 aromatic rings. The Morgan fingerprint density at radius 2 is 1.88 bits per heavy atom. The van der Waals surface area contributed by atoms with Crippen molar-refractivity contribution < 1.29 is 9.59 Å². The van der Waals surface area contributed by atoms with Crippen LogP contribution in [0.3, 0.4) is 0 Å². The SMILES string of the molecule is Nc1snnc1CN1C(=O)CCCCC1=O. The molecule has 16 heavy (non-hydrogen) atoms. The van der Waals surface area contributed by atoms with Crippen LogP contribution in [0.25, 0.3) is 0 Å². The van der Waals surface area contributed by atoms with E-state index in [1.165, 1.54) is 4.90 Å². The summed E-state index contributed by atoms with van der Waals surface area (Å²) in [6, 6.07) is 0. The van der Waals surface area contributed by atoms with E-state index >= 15 is 0 Å². The summed E-state index contributed by atoms with van der Waals surface area (Å²) in [6.45, 7) is 0.153. The van der Waals surface area contributed by atoms with E-state index in [1.54, 1.807) is 0 Å². The number of hydrogen-bond acceptors (Lipinski definition) is 6. The fourth-order valence-electron chi connectivity index (χ4n) is 1.61. The standard InChI is InChI=1S/C9H12N4O2S/c10-9-6(11-12-16-9)5-13-7(14)3-1-2-4-8(13)15/h1-5,10H2. The Morgan fingerprint density at radius 1 is 1.25 bits per heavy atom. The fourth-order valence-corrected chi connectivity index (χ4v) is 2.05. The van der Waals surface area contributed by atoms with Gasteiger partial charge < -0.3 is 5.73 Å². The maximum Gasteiger partial charge on any atom is 0.229 e. The molecule has 0 unspecified atom stereocenters. The predicted molar refractivity (Wildman–Crippen MR) is 58.3 cm³/mol. The second kappa shape index (κ2) is 4.56. The second-order valence-corrected chi connectivity index (χ2v) is 4.45. The number of carbonyl (C=O) groups is 2. The van der Waals surface area contributed by atoms with Crippen LogP contribution in [0.5, 0.6) is 0 Å². The van der Waals surface area contributed by atoms with Gasteiger partial charge in [-0.25, -0.2) is 0 Å². The lowest BCUT2D eigenvalue weighted by Crippen LogP contribution is -2.34. The number of anilines is 1. The summed E-state index contributed by atoms with van der Waals surface area (Å²) in [5.41, 5.74) is 6.14. The van der Waals surface area contributed by atoms with Gasteiger partial charge in [-0.05, 0) is 12.8 Å². The minimum Gasteiger partial charge on any atom is -0.388 e. The number of aromatic nitrogens is 2. The first kappa shape index (κ1) is 11.0. The number of hydrogen-bond donors (Lipinski definition) is 1. The van der Waals surface area contributed by atoms with E-state index in [0.29, 0.717) is 23.5 Å². The minimum absolute atomic E-state index is 0.144. The van der Waals surface area contributed by atoms with Crippen LogP contribution in [-0.4, -0.2) is 26.3 Å². The zero-order valence-corrected chi connectivity index (χ0v) is 9.50. The topological polar surface area (TPSA) is 89.2 Å². The highest BCUT2D eigenvalue weighted by Gasteiger charge is 2.25. The van der Waals surface area contributed by atoms with Gasteiger partial charge in [0.2, 0.25) is 11.8 Å². The van der Waals surface area contributed by atoms with Crippen molar-refractivity contribution in [1.29, 1.82) is 0 Å². The second-order valence-electron chi connectivity index (χ2n) is 3.66. The first-order chi connectivity index (χ1) is 7.68. The van der Waals surface area contributed by atoms with E-state index in [4.69, 9.17) is 5.73 Å². The summed E-state index contributed by atoms with van der Waals surface area (Å²) in [7, 11) is 0. The first-order valence-electron chi connectivity index (χ1n) is 5.08. The van der Waals surface area contributed by atoms with Crippen LogP contribution in [0, 0.1) is 0 Å². The van der Waals surface area contributed by atoms with Gasteiger partial charge in [0.1, 0.15) is 10.7 Å². The van der Waals surface area contributed by atoms with Crippen molar-refractivity contribution in [2.24, 2.45) is 0 Å². The van der Waals surface area contributed by atoms with Crippen molar-refractivity contribution in [3.63, 3.8) is 0 Å². The van der Waals surface area contributed by atoms with Gasteiger partial charge in [0.05, 0.1) is 6.54 Å². The molecule has 1 saturated heterocycles. The molecule has 1 aliphatic rings. The number of nitrogens with two attached hydrogens (primary N) is 1. The summed E-state index contributed by atoms with van der Waals surface area (Å²) in [4.78, 5) is 24.6. The first-order valence-corrected chi connectivity index (χ1v) is 5.85. The Morgan fingerprint density at radius 3 is 2.38 bits per heavy atom. The molecule has 2 rings (SSSR count). The summed E-state index contributed by atoms with van der Waals surface area (Å²) in [5, 5.41) is 4.27. The summed E-state index contributed by atoms with van der Waals surface area (Å²) in [6.07, 6.45) is 2.38. The van der Waals surface area contributed by atoms with Gasteiger partial charge in [0.25, 0.3) is 0 Å². The lowest BCUT2D eigenvalue weighted by Gasteiger charge is -2.17. The fraction of sp³-hybridized carbons (Fsp3) is 0.556. The number of amides is 2. The van der Waals surface area contributed by atoms with Gasteiger partial charge in [-0.3, -0.25) is 14.5 Å². The lowest BCUT2D eigenvalue weighted by molar-refractivity contribution is -0.144. The van der Waals surface area contributed by atoms with Gasteiger partial charge in [-0.2, -0.15) is 0 Å². The van der Waals surface area contributed by atoms with Crippen LogP contribution in [0.15, 0.2) is 0 Å². The zero-order chi connectivity index (χ0) is 11.5. The van der Waals surface area contributed by atoms with E-state index < -0.39 is 0 Å². The molecule has 86 valence electrons. The van der Waals surface area contributed by atoms with Crippen molar-refractivity contribution in [3.8, 4) is 0 Å². The predicted octanol–water partition coefficient (Wildman–Crippen LogP) is 0.549. The molecule has 1 fully saturated rings. The molecule has 0 atom stereocenters. The zero-order valence-electron chi connectivity index (χ0n) is 8.68. The molecular weight excluding hydrogens is 228 g/mol. The Labute approximate surface area is 96.6 Å². The van der Waals surface area contributed by atoms with Crippen molar-refractivity contribution >= 4 is 28.3 Å². The van der Waals surface area contributed by atoms with Crippen LogP contribution in [0.2, 0.25) is 0 Å². The maximum absolute atomic E-state index is 11.7. The van der Waals surface area contributed by atoms with E-state index in [1.807, 2.05) is 0 Å². The van der Waals surface area contributed by atoms with Gasteiger partial charge >= 0.3 is 0 Å². The molecule has 6 nitrogen and oxygen atoms in total. The molecule has 2 amide bonds. The Hall–Kier alpha value is -1.50.